The molecule has 0 aliphatic heterocycles. The topological polar surface area (TPSA) is 48.1 Å². The SMILES string of the molecule is CC(C)(C)[Si](C)(C)OCc1cc(N)ncc1Br. The van der Waals surface area contributed by atoms with Gasteiger partial charge in [0.25, 0.3) is 0 Å². The number of nitrogen functional groups attached to an aromatic ring is 1. The van der Waals surface area contributed by atoms with E-state index in [1.165, 1.54) is 0 Å². The van der Waals surface area contributed by atoms with Crippen LogP contribution >= 0.6 is 15.9 Å². The molecule has 17 heavy (non-hydrogen) atoms. The van der Waals surface area contributed by atoms with Crippen LogP contribution in [-0.2, 0) is 11.0 Å². The first-order valence-corrected chi connectivity index (χ1v) is 9.37. The van der Waals surface area contributed by atoms with E-state index in [4.69, 9.17) is 10.2 Å². The fourth-order valence-electron chi connectivity index (χ4n) is 1.08. The van der Waals surface area contributed by atoms with Crippen LogP contribution in [-0.4, -0.2) is 13.3 Å². The quantitative estimate of drug-likeness (QED) is 0.859. The van der Waals surface area contributed by atoms with Crippen molar-refractivity contribution in [3.8, 4) is 0 Å². The summed E-state index contributed by atoms with van der Waals surface area (Å²) in [6.07, 6.45) is 1.72. The van der Waals surface area contributed by atoms with Crippen LogP contribution in [0.5, 0.6) is 0 Å². The van der Waals surface area contributed by atoms with Crippen LogP contribution in [0.1, 0.15) is 26.3 Å². The van der Waals surface area contributed by atoms with E-state index in [1.807, 2.05) is 6.07 Å². The first-order valence-electron chi connectivity index (χ1n) is 5.67. The van der Waals surface area contributed by atoms with Crippen LogP contribution in [0.4, 0.5) is 5.82 Å². The molecule has 1 heterocycles. The third-order valence-electron chi connectivity index (χ3n) is 3.35. The molecule has 96 valence electrons. The Morgan fingerprint density at radius 2 is 2.00 bits per heavy atom. The third-order valence-corrected chi connectivity index (χ3v) is 8.54. The summed E-state index contributed by atoms with van der Waals surface area (Å²) in [6.45, 7) is 11.8. The molecule has 0 spiro atoms. The molecule has 0 unspecified atom stereocenters. The van der Waals surface area contributed by atoms with E-state index in [2.05, 4.69) is 54.8 Å². The number of halogens is 1. The fraction of sp³-hybridized carbons (Fsp3) is 0.583. The lowest BCUT2D eigenvalue weighted by Crippen LogP contribution is -2.40. The highest BCUT2D eigenvalue weighted by Crippen LogP contribution is 2.37. The third kappa shape index (κ3) is 3.79. The highest BCUT2D eigenvalue weighted by atomic mass is 79.9. The number of anilines is 1. The summed E-state index contributed by atoms with van der Waals surface area (Å²) in [7, 11) is -1.71. The van der Waals surface area contributed by atoms with Gasteiger partial charge in [-0.25, -0.2) is 4.98 Å². The van der Waals surface area contributed by atoms with Gasteiger partial charge >= 0.3 is 0 Å². The first kappa shape index (κ1) is 14.7. The Kier molecular flexibility index (Phi) is 4.38. The summed E-state index contributed by atoms with van der Waals surface area (Å²) in [5.41, 5.74) is 6.73. The number of pyridine rings is 1. The Morgan fingerprint density at radius 1 is 1.41 bits per heavy atom. The molecule has 0 bridgehead atoms. The van der Waals surface area contributed by atoms with E-state index in [0.29, 0.717) is 12.4 Å². The molecule has 0 aliphatic rings. The Labute approximate surface area is 113 Å². The Balaban J connectivity index is 2.77. The largest absolute Gasteiger partial charge is 0.413 e. The van der Waals surface area contributed by atoms with E-state index in [-0.39, 0.29) is 5.04 Å². The number of hydrogen-bond donors (Lipinski definition) is 1. The molecule has 1 rings (SSSR count). The molecule has 1 aromatic heterocycles. The van der Waals surface area contributed by atoms with Crippen molar-refractivity contribution in [3.05, 3.63) is 22.3 Å². The number of rotatable bonds is 3. The van der Waals surface area contributed by atoms with Crippen LogP contribution in [0, 0.1) is 0 Å². The van der Waals surface area contributed by atoms with Crippen LogP contribution in [0.15, 0.2) is 16.7 Å². The van der Waals surface area contributed by atoms with Gasteiger partial charge in [0.15, 0.2) is 8.32 Å². The average molecular weight is 317 g/mol. The molecular weight excluding hydrogens is 296 g/mol. The predicted molar refractivity (Wildman–Crippen MR) is 78.3 cm³/mol. The zero-order valence-electron chi connectivity index (χ0n) is 11.2. The van der Waals surface area contributed by atoms with Crippen molar-refractivity contribution in [2.24, 2.45) is 0 Å². The fourth-order valence-corrected chi connectivity index (χ4v) is 2.36. The van der Waals surface area contributed by atoms with Gasteiger partial charge in [0.05, 0.1) is 6.61 Å². The lowest BCUT2D eigenvalue weighted by molar-refractivity contribution is 0.275. The summed E-state index contributed by atoms with van der Waals surface area (Å²) in [5, 5.41) is 0.220. The van der Waals surface area contributed by atoms with Crippen LogP contribution in [0.3, 0.4) is 0 Å². The number of nitrogens with two attached hydrogens (primary N) is 1. The lowest BCUT2D eigenvalue weighted by atomic mass is 10.2. The molecule has 5 heteroatoms. The van der Waals surface area contributed by atoms with Crippen LogP contribution in [0.25, 0.3) is 0 Å². The van der Waals surface area contributed by atoms with Gasteiger partial charge in [0, 0.05) is 10.7 Å². The molecule has 0 aliphatic carbocycles. The van der Waals surface area contributed by atoms with Crippen LogP contribution < -0.4 is 5.73 Å². The van der Waals surface area contributed by atoms with Gasteiger partial charge in [-0.15, -0.1) is 0 Å². The van der Waals surface area contributed by atoms with Crippen molar-refractivity contribution in [2.75, 3.05) is 5.73 Å². The number of hydrogen-bond acceptors (Lipinski definition) is 3. The monoisotopic (exact) mass is 316 g/mol. The summed E-state index contributed by atoms with van der Waals surface area (Å²) in [6, 6.07) is 1.86. The second-order valence-corrected chi connectivity index (χ2v) is 11.4. The highest BCUT2D eigenvalue weighted by molar-refractivity contribution is 9.10. The van der Waals surface area contributed by atoms with Crippen LogP contribution in [0.2, 0.25) is 18.1 Å². The zero-order chi connectivity index (χ0) is 13.3. The molecule has 0 saturated carbocycles. The minimum Gasteiger partial charge on any atom is -0.413 e. The maximum atomic E-state index is 6.14. The molecule has 0 radical (unpaired) electrons. The van der Waals surface area contributed by atoms with E-state index in [1.54, 1.807) is 6.20 Å². The Hall–Kier alpha value is -0.393. The second kappa shape index (κ2) is 5.08. The average Bonchev–Trinajstić information content (AvgIpc) is 2.18. The molecule has 0 fully saturated rings. The zero-order valence-corrected chi connectivity index (χ0v) is 13.8. The van der Waals surface area contributed by atoms with Gasteiger partial charge in [-0.05, 0) is 45.7 Å². The number of aromatic nitrogens is 1. The van der Waals surface area contributed by atoms with Crippen molar-refractivity contribution in [1.82, 2.24) is 4.98 Å². The first-order chi connectivity index (χ1) is 7.63. The maximum absolute atomic E-state index is 6.14. The predicted octanol–water partition coefficient (Wildman–Crippen LogP) is 3.95. The van der Waals surface area contributed by atoms with Crippen molar-refractivity contribution in [1.29, 1.82) is 0 Å². The number of nitrogens with zero attached hydrogens (tertiary/aromatic N) is 1. The van der Waals surface area contributed by atoms with Gasteiger partial charge in [-0.1, -0.05) is 20.8 Å². The molecular formula is C12H21BrN2OSi. The summed E-state index contributed by atoms with van der Waals surface area (Å²) < 4.78 is 7.09. The smallest absolute Gasteiger partial charge is 0.192 e. The lowest BCUT2D eigenvalue weighted by Gasteiger charge is -2.36. The van der Waals surface area contributed by atoms with Gasteiger partial charge in [-0.3, -0.25) is 0 Å². The van der Waals surface area contributed by atoms with E-state index in [0.717, 1.165) is 10.0 Å². The van der Waals surface area contributed by atoms with E-state index < -0.39 is 8.32 Å². The minimum absolute atomic E-state index is 0.220. The van der Waals surface area contributed by atoms with Crippen molar-refractivity contribution in [2.45, 2.75) is 45.5 Å². The second-order valence-electron chi connectivity index (χ2n) is 5.75. The molecule has 0 aromatic carbocycles. The summed E-state index contributed by atoms with van der Waals surface area (Å²) in [4.78, 5) is 4.02. The summed E-state index contributed by atoms with van der Waals surface area (Å²) >= 11 is 3.47. The molecule has 2 N–H and O–H groups in total. The summed E-state index contributed by atoms with van der Waals surface area (Å²) in [5.74, 6) is 0.530. The molecule has 0 amide bonds. The minimum atomic E-state index is -1.71. The van der Waals surface area contributed by atoms with Gasteiger partial charge < -0.3 is 10.2 Å². The van der Waals surface area contributed by atoms with Gasteiger partial charge in [0.1, 0.15) is 5.82 Å². The standard InChI is InChI=1S/C12H21BrN2OSi/c1-12(2,3)17(4,5)16-8-9-6-11(14)15-7-10(9)13/h6-7H,8H2,1-5H3,(H2,14,15). The Morgan fingerprint density at radius 3 is 2.53 bits per heavy atom. The van der Waals surface area contributed by atoms with Crippen molar-refractivity contribution < 1.29 is 4.43 Å². The van der Waals surface area contributed by atoms with E-state index in [9.17, 15) is 0 Å². The normalized spacial score (nSPS) is 12.8. The van der Waals surface area contributed by atoms with Crippen molar-refractivity contribution in [3.63, 3.8) is 0 Å². The molecule has 0 saturated heterocycles. The molecule has 3 nitrogen and oxygen atoms in total. The highest BCUT2D eigenvalue weighted by Gasteiger charge is 2.37. The van der Waals surface area contributed by atoms with Gasteiger partial charge in [0.2, 0.25) is 0 Å². The molecule has 1 aromatic rings. The van der Waals surface area contributed by atoms with Crippen molar-refractivity contribution >= 4 is 30.1 Å². The Bertz CT molecular complexity index is 402. The maximum Gasteiger partial charge on any atom is 0.192 e. The van der Waals surface area contributed by atoms with Gasteiger partial charge in [-0.2, -0.15) is 0 Å². The van der Waals surface area contributed by atoms with E-state index >= 15 is 0 Å². The molecule has 0 atom stereocenters.